The second kappa shape index (κ2) is 7.01. The minimum atomic E-state index is -1.70. The van der Waals surface area contributed by atoms with Gasteiger partial charge in [-0.25, -0.2) is 0 Å². The van der Waals surface area contributed by atoms with E-state index in [1.165, 1.54) is 0 Å². The molecule has 0 fully saturated rings. The molecule has 0 aromatic heterocycles. The summed E-state index contributed by atoms with van der Waals surface area (Å²) in [7, 11) is -3.31. The van der Waals surface area contributed by atoms with Crippen LogP contribution in [0, 0.1) is 0 Å². The molecule has 0 unspecified atom stereocenters. The smallest absolute Gasteiger partial charge is 0.250 e. The fourth-order valence-corrected chi connectivity index (χ4v) is 3.65. The van der Waals surface area contributed by atoms with Gasteiger partial charge in [-0.15, -0.1) is 0 Å². The van der Waals surface area contributed by atoms with Crippen molar-refractivity contribution in [2.24, 2.45) is 0 Å². The van der Waals surface area contributed by atoms with Gasteiger partial charge in [0.1, 0.15) is 0 Å². The van der Waals surface area contributed by atoms with Crippen molar-refractivity contribution in [2.45, 2.75) is 91.2 Å². The van der Waals surface area contributed by atoms with Gasteiger partial charge in [0.15, 0.2) is 8.32 Å². The van der Waals surface area contributed by atoms with Gasteiger partial charge in [-0.2, -0.15) is 0 Å². The molecule has 126 valence electrons. The van der Waals surface area contributed by atoms with Crippen LogP contribution in [0.3, 0.4) is 0 Å². The van der Waals surface area contributed by atoms with Crippen LogP contribution < -0.4 is 0 Å². The summed E-state index contributed by atoms with van der Waals surface area (Å²) in [6.07, 6.45) is 3.13. The topological polar surface area (TPSA) is 18.5 Å². The lowest BCUT2D eigenvalue weighted by molar-refractivity contribution is 0.292. The van der Waals surface area contributed by atoms with E-state index in [4.69, 9.17) is 8.85 Å². The Morgan fingerprint density at radius 2 is 1.29 bits per heavy atom. The molecule has 0 aliphatic carbocycles. The number of hydrogen-bond donors (Lipinski definition) is 0. The van der Waals surface area contributed by atoms with Crippen molar-refractivity contribution in [3.63, 3.8) is 0 Å². The Balaban J connectivity index is 4.40. The second-order valence-corrected chi connectivity index (χ2v) is 18.6. The molecule has 2 nitrogen and oxygen atoms in total. The highest BCUT2D eigenvalue weighted by Crippen LogP contribution is 2.38. The molecule has 0 radical (unpaired) electrons. The second-order valence-electron chi connectivity index (χ2n) is 9.07. The van der Waals surface area contributed by atoms with E-state index < -0.39 is 16.6 Å². The molecule has 0 aliphatic heterocycles. The summed E-state index contributed by atoms with van der Waals surface area (Å²) in [5.74, 6) is 1.06. The Morgan fingerprint density at radius 1 is 0.857 bits per heavy atom. The van der Waals surface area contributed by atoms with Crippen LogP contribution in [0.25, 0.3) is 0 Å². The highest BCUT2D eigenvalue weighted by Gasteiger charge is 2.39. The lowest BCUT2D eigenvalue weighted by Gasteiger charge is -2.37. The van der Waals surface area contributed by atoms with Crippen molar-refractivity contribution in [1.82, 2.24) is 0 Å². The highest BCUT2D eigenvalue weighted by atomic mass is 28.4. The standard InChI is InChI=1S/C17H38O2Si2/c1-15(19-21(10,11)17(5,6)7)13-12-14-18-20(8,9)16(2,3)4/h13H,12,14H2,1-11H3. The van der Waals surface area contributed by atoms with Crippen LogP contribution in [-0.4, -0.2) is 23.2 Å². The van der Waals surface area contributed by atoms with Crippen LogP contribution in [0.5, 0.6) is 0 Å². The first-order valence-electron chi connectivity index (χ1n) is 8.10. The molecule has 0 aromatic carbocycles. The third-order valence-electron chi connectivity index (χ3n) is 5.04. The maximum absolute atomic E-state index is 6.26. The van der Waals surface area contributed by atoms with Gasteiger partial charge >= 0.3 is 0 Å². The molecule has 21 heavy (non-hydrogen) atoms. The van der Waals surface area contributed by atoms with E-state index in [2.05, 4.69) is 80.7 Å². The Morgan fingerprint density at radius 3 is 1.67 bits per heavy atom. The summed E-state index contributed by atoms with van der Waals surface area (Å²) in [5.41, 5.74) is 0. The zero-order valence-corrected chi connectivity index (χ0v) is 18.3. The first-order valence-corrected chi connectivity index (χ1v) is 13.9. The summed E-state index contributed by atoms with van der Waals surface area (Å²) in [4.78, 5) is 0. The van der Waals surface area contributed by atoms with Crippen molar-refractivity contribution >= 4 is 16.6 Å². The van der Waals surface area contributed by atoms with Crippen molar-refractivity contribution in [3.8, 4) is 0 Å². The molecule has 0 N–H and O–H groups in total. The Kier molecular flexibility index (Phi) is 6.99. The van der Waals surface area contributed by atoms with E-state index in [0.717, 1.165) is 18.8 Å². The summed E-state index contributed by atoms with van der Waals surface area (Å²) >= 11 is 0. The van der Waals surface area contributed by atoms with Crippen LogP contribution in [-0.2, 0) is 8.85 Å². The third-order valence-corrected chi connectivity index (χ3v) is 14.0. The summed E-state index contributed by atoms with van der Waals surface area (Å²) < 4.78 is 12.4. The zero-order valence-electron chi connectivity index (χ0n) is 16.3. The van der Waals surface area contributed by atoms with Gasteiger partial charge in [-0.05, 0) is 55.7 Å². The molecule has 0 rings (SSSR count). The molecule has 4 heteroatoms. The normalized spacial score (nSPS) is 15.3. The van der Waals surface area contributed by atoms with Gasteiger partial charge in [0.25, 0.3) is 0 Å². The molecule has 0 saturated heterocycles. The lowest BCUT2D eigenvalue weighted by atomic mass is 10.2. The molecule has 0 saturated carbocycles. The molecule has 0 atom stereocenters. The van der Waals surface area contributed by atoms with Crippen LogP contribution in [0.2, 0.25) is 36.3 Å². The van der Waals surface area contributed by atoms with Crippen LogP contribution in [0.4, 0.5) is 0 Å². The number of hydrogen-bond acceptors (Lipinski definition) is 2. The molecular formula is C17H38O2Si2. The van der Waals surface area contributed by atoms with Gasteiger partial charge in [-0.1, -0.05) is 41.5 Å². The first kappa shape index (κ1) is 20.9. The third kappa shape index (κ3) is 6.70. The van der Waals surface area contributed by atoms with Crippen LogP contribution >= 0.6 is 0 Å². The van der Waals surface area contributed by atoms with Crippen molar-refractivity contribution in [3.05, 3.63) is 11.8 Å². The van der Waals surface area contributed by atoms with Gasteiger partial charge < -0.3 is 8.85 Å². The average Bonchev–Trinajstić information content (AvgIpc) is 2.20. The number of allylic oxidation sites excluding steroid dienone is 1. The fourth-order valence-electron chi connectivity index (χ4n) is 1.39. The van der Waals surface area contributed by atoms with E-state index in [0.29, 0.717) is 0 Å². The molecule has 0 bridgehead atoms. The van der Waals surface area contributed by atoms with E-state index >= 15 is 0 Å². The summed E-state index contributed by atoms with van der Waals surface area (Å²) in [6.45, 7) is 25.7. The summed E-state index contributed by atoms with van der Waals surface area (Å²) in [5, 5.41) is 0.531. The van der Waals surface area contributed by atoms with Crippen molar-refractivity contribution in [2.75, 3.05) is 6.61 Å². The largest absolute Gasteiger partial charge is 0.547 e. The van der Waals surface area contributed by atoms with Gasteiger partial charge in [-0.3, -0.25) is 0 Å². The predicted molar refractivity (Wildman–Crippen MR) is 99.8 cm³/mol. The van der Waals surface area contributed by atoms with E-state index in [1.807, 2.05) is 0 Å². The molecule has 0 amide bonds. The first-order chi connectivity index (χ1) is 9.10. The Labute approximate surface area is 135 Å². The van der Waals surface area contributed by atoms with E-state index in [-0.39, 0.29) is 10.1 Å². The van der Waals surface area contributed by atoms with Crippen LogP contribution in [0.1, 0.15) is 54.9 Å². The fraction of sp³-hybridized carbons (Fsp3) is 0.882. The van der Waals surface area contributed by atoms with Gasteiger partial charge in [0.2, 0.25) is 8.32 Å². The Bertz CT molecular complexity index is 358. The molecule has 0 aliphatic rings. The number of rotatable bonds is 6. The predicted octanol–water partition coefficient (Wildman–Crippen LogP) is 6.32. The minimum Gasteiger partial charge on any atom is -0.547 e. The Hall–Kier alpha value is -0.0662. The molecule has 0 spiro atoms. The minimum absolute atomic E-state index is 0.250. The quantitative estimate of drug-likeness (QED) is 0.322. The SMILES string of the molecule is CC(=CCCO[Si](C)(C)C(C)(C)C)O[Si](C)(C)C(C)(C)C. The summed E-state index contributed by atoms with van der Waals surface area (Å²) in [6, 6.07) is 0. The van der Waals surface area contributed by atoms with Gasteiger partial charge in [0.05, 0.1) is 5.76 Å². The van der Waals surface area contributed by atoms with E-state index in [9.17, 15) is 0 Å². The molecular weight excluding hydrogens is 292 g/mol. The maximum Gasteiger partial charge on any atom is 0.250 e. The molecule has 0 heterocycles. The van der Waals surface area contributed by atoms with Crippen LogP contribution in [0.15, 0.2) is 11.8 Å². The monoisotopic (exact) mass is 330 g/mol. The highest BCUT2D eigenvalue weighted by molar-refractivity contribution is 6.74. The zero-order chi connectivity index (χ0) is 17.1. The van der Waals surface area contributed by atoms with Crippen molar-refractivity contribution in [1.29, 1.82) is 0 Å². The molecule has 0 aromatic rings. The van der Waals surface area contributed by atoms with Gasteiger partial charge in [0, 0.05) is 6.61 Å². The van der Waals surface area contributed by atoms with E-state index in [1.54, 1.807) is 0 Å². The van der Waals surface area contributed by atoms with Crippen molar-refractivity contribution < 1.29 is 8.85 Å². The maximum atomic E-state index is 6.26. The average molecular weight is 331 g/mol. The lowest BCUT2D eigenvalue weighted by Crippen LogP contribution is -2.41.